The Labute approximate surface area is 141 Å². The van der Waals surface area contributed by atoms with Crippen molar-refractivity contribution < 1.29 is 9.47 Å². The molecule has 0 spiro atoms. The second-order valence-corrected chi connectivity index (χ2v) is 7.08. The SMILES string of the molecule is Cc1ccc(CNCc2nc(C)cs2)c(OCC2CCOC2)c1. The summed E-state index contributed by atoms with van der Waals surface area (Å²) in [5.74, 6) is 1.51. The molecule has 3 rings (SSSR count). The molecule has 0 amide bonds. The van der Waals surface area contributed by atoms with Crippen LogP contribution in [-0.2, 0) is 17.8 Å². The van der Waals surface area contributed by atoms with Crippen LogP contribution in [-0.4, -0.2) is 24.8 Å². The van der Waals surface area contributed by atoms with Gasteiger partial charge in [-0.3, -0.25) is 0 Å². The molecule has 2 heterocycles. The first-order chi connectivity index (χ1) is 11.2. The van der Waals surface area contributed by atoms with Gasteiger partial charge in [0.2, 0.25) is 0 Å². The molecule has 2 aromatic rings. The molecule has 23 heavy (non-hydrogen) atoms. The van der Waals surface area contributed by atoms with E-state index >= 15 is 0 Å². The highest BCUT2D eigenvalue weighted by Gasteiger charge is 2.17. The third kappa shape index (κ3) is 4.77. The van der Waals surface area contributed by atoms with Crippen LogP contribution in [0.25, 0.3) is 0 Å². The Hall–Kier alpha value is -1.43. The van der Waals surface area contributed by atoms with E-state index in [0.717, 1.165) is 55.8 Å². The zero-order valence-electron chi connectivity index (χ0n) is 13.8. The van der Waals surface area contributed by atoms with Gasteiger partial charge in [-0.15, -0.1) is 11.3 Å². The fourth-order valence-electron chi connectivity index (χ4n) is 2.65. The fourth-order valence-corrected chi connectivity index (χ4v) is 3.39. The molecule has 1 aliphatic rings. The summed E-state index contributed by atoms with van der Waals surface area (Å²) in [6, 6.07) is 6.41. The Morgan fingerprint density at radius 2 is 2.26 bits per heavy atom. The predicted molar refractivity (Wildman–Crippen MR) is 93.0 cm³/mol. The highest BCUT2D eigenvalue weighted by atomic mass is 32.1. The second kappa shape index (κ2) is 7.90. The Morgan fingerprint density at radius 3 is 3.00 bits per heavy atom. The number of aromatic nitrogens is 1. The summed E-state index contributed by atoms with van der Waals surface area (Å²) in [4.78, 5) is 4.48. The van der Waals surface area contributed by atoms with Crippen molar-refractivity contribution in [2.24, 2.45) is 5.92 Å². The fraction of sp³-hybridized carbons (Fsp3) is 0.500. The lowest BCUT2D eigenvalue weighted by Gasteiger charge is -2.15. The third-order valence-electron chi connectivity index (χ3n) is 3.98. The van der Waals surface area contributed by atoms with Gasteiger partial charge in [-0.2, -0.15) is 0 Å². The first-order valence-electron chi connectivity index (χ1n) is 8.12. The first-order valence-corrected chi connectivity index (χ1v) is 9.00. The Kier molecular flexibility index (Phi) is 5.65. The van der Waals surface area contributed by atoms with Gasteiger partial charge in [0.1, 0.15) is 10.8 Å². The molecule has 0 saturated carbocycles. The lowest BCUT2D eigenvalue weighted by Crippen LogP contribution is -2.16. The van der Waals surface area contributed by atoms with Crippen molar-refractivity contribution in [1.29, 1.82) is 0 Å². The van der Waals surface area contributed by atoms with Crippen LogP contribution >= 0.6 is 11.3 Å². The average molecular weight is 332 g/mol. The van der Waals surface area contributed by atoms with Crippen LogP contribution in [0.3, 0.4) is 0 Å². The van der Waals surface area contributed by atoms with Gasteiger partial charge in [0.25, 0.3) is 0 Å². The van der Waals surface area contributed by atoms with Gasteiger partial charge in [0, 0.05) is 42.3 Å². The molecule has 4 nitrogen and oxygen atoms in total. The van der Waals surface area contributed by atoms with Crippen LogP contribution in [0.2, 0.25) is 0 Å². The topological polar surface area (TPSA) is 43.4 Å². The smallest absolute Gasteiger partial charge is 0.124 e. The molecule has 1 aliphatic heterocycles. The molecule has 0 bridgehead atoms. The normalized spacial score (nSPS) is 17.6. The summed E-state index contributed by atoms with van der Waals surface area (Å²) in [6.45, 7) is 8.13. The number of hydrogen-bond donors (Lipinski definition) is 1. The number of nitrogens with one attached hydrogen (secondary N) is 1. The predicted octanol–water partition coefficient (Wildman–Crippen LogP) is 3.47. The molecule has 0 radical (unpaired) electrons. The van der Waals surface area contributed by atoms with Crippen LogP contribution < -0.4 is 10.1 Å². The number of hydrogen-bond acceptors (Lipinski definition) is 5. The van der Waals surface area contributed by atoms with Crippen LogP contribution in [0.4, 0.5) is 0 Å². The lowest BCUT2D eigenvalue weighted by molar-refractivity contribution is 0.166. The summed E-state index contributed by atoms with van der Waals surface area (Å²) >= 11 is 1.70. The number of nitrogens with zero attached hydrogens (tertiary/aromatic N) is 1. The molecule has 5 heteroatoms. The molecule has 1 aromatic carbocycles. The van der Waals surface area contributed by atoms with E-state index in [1.807, 2.05) is 6.92 Å². The molecule has 1 atom stereocenters. The Balaban J connectivity index is 1.56. The van der Waals surface area contributed by atoms with E-state index in [1.54, 1.807) is 11.3 Å². The molecule has 1 N–H and O–H groups in total. The molecule has 1 fully saturated rings. The number of benzene rings is 1. The molecule has 0 aliphatic carbocycles. The lowest BCUT2D eigenvalue weighted by atomic mass is 10.1. The van der Waals surface area contributed by atoms with Crippen molar-refractivity contribution in [2.75, 3.05) is 19.8 Å². The van der Waals surface area contributed by atoms with Crippen LogP contribution in [0.5, 0.6) is 5.75 Å². The number of rotatable bonds is 7. The van der Waals surface area contributed by atoms with E-state index in [1.165, 1.54) is 11.1 Å². The van der Waals surface area contributed by atoms with Gasteiger partial charge in [-0.1, -0.05) is 12.1 Å². The number of aryl methyl sites for hydroxylation is 2. The maximum absolute atomic E-state index is 6.08. The highest BCUT2D eigenvalue weighted by molar-refractivity contribution is 7.09. The average Bonchev–Trinajstić information content (AvgIpc) is 3.19. The van der Waals surface area contributed by atoms with Crippen LogP contribution in [0, 0.1) is 19.8 Å². The molecule has 1 unspecified atom stereocenters. The van der Waals surface area contributed by atoms with Gasteiger partial charge < -0.3 is 14.8 Å². The first kappa shape index (κ1) is 16.4. The summed E-state index contributed by atoms with van der Waals surface area (Å²) in [5, 5.41) is 6.67. The van der Waals surface area contributed by atoms with E-state index in [4.69, 9.17) is 9.47 Å². The quantitative estimate of drug-likeness (QED) is 0.843. The monoisotopic (exact) mass is 332 g/mol. The van der Waals surface area contributed by atoms with Crippen molar-refractivity contribution in [3.63, 3.8) is 0 Å². The minimum Gasteiger partial charge on any atom is -0.493 e. The third-order valence-corrected chi connectivity index (χ3v) is 4.95. The summed E-state index contributed by atoms with van der Waals surface area (Å²) < 4.78 is 11.5. The van der Waals surface area contributed by atoms with Crippen molar-refractivity contribution in [3.05, 3.63) is 45.4 Å². The number of thiazole rings is 1. The standard InChI is InChI=1S/C18H24N2O2S/c1-13-3-4-16(8-19-9-18-20-14(2)12-23-18)17(7-13)22-11-15-5-6-21-10-15/h3-4,7,12,15,19H,5-6,8-11H2,1-2H3. The van der Waals surface area contributed by atoms with Gasteiger partial charge in [-0.25, -0.2) is 4.98 Å². The van der Waals surface area contributed by atoms with Crippen molar-refractivity contribution in [1.82, 2.24) is 10.3 Å². The van der Waals surface area contributed by atoms with Gasteiger partial charge in [-0.05, 0) is 31.9 Å². The van der Waals surface area contributed by atoms with E-state index in [-0.39, 0.29) is 0 Å². The zero-order valence-corrected chi connectivity index (χ0v) is 14.6. The highest BCUT2D eigenvalue weighted by Crippen LogP contribution is 2.23. The van der Waals surface area contributed by atoms with Crippen LogP contribution in [0.1, 0.15) is 28.2 Å². The summed E-state index contributed by atoms with van der Waals surface area (Å²) in [7, 11) is 0. The van der Waals surface area contributed by atoms with E-state index in [0.29, 0.717) is 5.92 Å². The molecule has 124 valence electrons. The molecule has 1 aromatic heterocycles. The zero-order chi connectivity index (χ0) is 16.1. The minimum absolute atomic E-state index is 0.523. The molecular weight excluding hydrogens is 308 g/mol. The maximum atomic E-state index is 6.08. The van der Waals surface area contributed by atoms with E-state index in [2.05, 4.69) is 40.8 Å². The van der Waals surface area contributed by atoms with Crippen molar-refractivity contribution in [3.8, 4) is 5.75 Å². The minimum atomic E-state index is 0.523. The van der Waals surface area contributed by atoms with E-state index in [9.17, 15) is 0 Å². The van der Waals surface area contributed by atoms with Gasteiger partial charge >= 0.3 is 0 Å². The van der Waals surface area contributed by atoms with E-state index < -0.39 is 0 Å². The Morgan fingerprint density at radius 1 is 1.35 bits per heavy atom. The van der Waals surface area contributed by atoms with Crippen molar-refractivity contribution >= 4 is 11.3 Å². The maximum Gasteiger partial charge on any atom is 0.124 e. The molecule has 1 saturated heterocycles. The van der Waals surface area contributed by atoms with Crippen LogP contribution in [0.15, 0.2) is 23.6 Å². The van der Waals surface area contributed by atoms with Gasteiger partial charge in [0.15, 0.2) is 0 Å². The molecular formula is C18H24N2O2S. The van der Waals surface area contributed by atoms with Gasteiger partial charge in [0.05, 0.1) is 13.2 Å². The summed E-state index contributed by atoms with van der Waals surface area (Å²) in [6.07, 6.45) is 1.10. The summed E-state index contributed by atoms with van der Waals surface area (Å²) in [5.41, 5.74) is 3.51. The Bertz CT molecular complexity index is 636. The number of ether oxygens (including phenoxy) is 2. The second-order valence-electron chi connectivity index (χ2n) is 6.14. The van der Waals surface area contributed by atoms with Crippen molar-refractivity contribution in [2.45, 2.75) is 33.4 Å². The largest absolute Gasteiger partial charge is 0.493 e.